The first kappa shape index (κ1) is 15.0. The Morgan fingerprint density at radius 1 is 1.26 bits per heavy atom. The summed E-state index contributed by atoms with van der Waals surface area (Å²) in [5.41, 5.74) is 1.45. The Bertz CT molecular complexity index is 413. The zero-order valence-corrected chi connectivity index (χ0v) is 13.9. The van der Waals surface area contributed by atoms with Crippen LogP contribution < -0.4 is 5.32 Å². The van der Waals surface area contributed by atoms with E-state index in [2.05, 4.69) is 45.3 Å². The van der Waals surface area contributed by atoms with Crippen molar-refractivity contribution in [3.8, 4) is 0 Å². The lowest BCUT2D eigenvalue weighted by Crippen LogP contribution is -2.45. The van der Waals surface area contributed by atoms with Crippen molar-refractivity contribution in [2.24, 2.45) is 5.92 Å². The van der Waals surface area contributed by atoms with Gasteiger partial charge in [0.2, 0.25) is 0 Å². The summed E-state index contributed by atoms with van der Waals surface area (Å²) in [4.78, 5) is 4.97. The van der Waals surface area contributed by atoms with Gasteiger partial charge in [-0.25, -0.2) is 4.98 Å². The van der Waals surface area contributed by atoms with Gasteiger partial charge in [-0.2, -0.15) is 0 Å². The third-order valence-electron chi connectivity index (χ3n) is 4.43. The molecule has 0 aliphatic heterocycles. The van der Waals surface area contributed by atoms with Gasteiger partial charge in [0.15, 0.2) is 0 Å². The van der Waals surface area contributed by atoms with Gasteiger partial charge < -0.3 is 5.32 Å². The number of rotatable bonds is 4. The largest absolute Gasteiger partial charge is 0.306 e. The summed E-state index contributed by atoms with van der Waals surface area (Å²) in [6.45, 7) is 12.3. The average Bonchev–Trinajstić information content (AvgIpc) is 3.00. The fourth-order valence-electron chi connectivity index (χ4n) is 3.12. The van der Waals surface area contributed by atoms with E-state index in [9.17, 15) is 0 Å². The lowest BCUT2D eigenvalue weighted by atomic mass is 9.84. The molecule has 1 N–H and O–H groups in total. The van der Waals surface area contributed by atoms with Gasteiger partial charge in [0.05, 0.1) is 11.2 Å². The lowest BCUT2D eigenvalue weighted by molar-refractivity contribution is 0.238. The van der Waals surface area contributed by atoms with Gasteiger partial charge in [-0.1, -0.05) is 40.5 Å². The van der Waals surface area contributed by atoms with Crippen molar-refractivity contribution in [3.05, 3.63) is 16.1 Å². The molecule has 0 saturated heterocycles. The number of thiazole rings is 1. The summed E-state index contributed by atoms with van der Waals surface area (Å²) >= 11 is 1.84. The van der Waals surface area contributed by atoms with Gasteiger partial charge in [0, 0.05) is 10.8 Å². The number of nitrogens with one attached hydrogen (secondary N) is 1. The van der Waals surface area contributed by atoms with Crippen molar-refractivity contribution in [2.45, 2.75) is 71.3 Å². The van der Waals surface area contributed by atoms with Crippen LogP contribution in [0.15, 0.2) is 5.38 Å². The first-order chi connectivity index (χ1) is 8.88. The molecule has 2 nitrogen and oxygen atoms in total. The Morgan fingerprint density at radius 3 is 2.37 bits per heavy atom. The van der Waals surface area contributed by atoms with Gasteiger partial charge in [0.1, 0.15) is 5.01 Å². The first-order valence-electron chi connectivity index (χ1n) is 7.59. The predicted octanol–water partition coefficient (Wildman–Crippen LogP) is 4.46. The molecule has 1 aliphatic rings. The highest BCUT2D eigenvalue weighted by atomic mass is 32.1. The lowest BCUT2D eigenvalue weighted by Gasteiger charge is -2.35. The molecule has 1 aromatic rings. The molecule has 1 unspecified atom stereocenters. The predicted molar refractivity (Wildman–Crippen MR) is 83.8 cm³/mol. The topological polar surface area (TPSA) is 24.9 Å². The van der Waals surface area contributed by atoms with E-state index in [1.54, 1.807) is 0 Å². The Labute approximate surface area is 122 Å². The summed E-state index contributed by atoms with van der Waals surface area (Å²) < 4.78 is 0. The molecule has 108 valence electrons. The van der Waals surface area contributed by atoms with Gasteiger partial charge in [-0.3, -0.25) is 0 Å². The maximum absolute atomic E-state index is 4.97. The molecular weight excluding hydrogens is 252 g/mol. The van der Waals surface area contributed by atoms with Crippen molar-refractivity contribution >= 4 is 11.3 Å². The van der Waals surface area contributed by atoms with Crippen molar-refractivity contribution in [1.29, 1.82) is 0 Å². The van der Waals surface area contributed by atoms with Crippen LogP contribution in [-0.2, 0) is 11.0 Å². The second-order valence-electron chi connectivity index (χ2n) is 7.00. The van der Waals surface area contributed by atoms with E-state index in [4.69, 9.17) is 4.98 Å². The van der Waals surface area contributed by atoms with Crippen LogP contribution in [0.3, 0.4) is 0 Å². The molecule has 1 aliphatic carbocycles. The van der Waals surface area contributed by atoms with E-state index < -0.39 is 0 Å². The second-order valence-corrected chi connectivity index (χ2v) is 7.86. The molecule has 1 heterocycles. The summed E-state index contributed by atoms with van der Waals surface area (Å²) in [6.07, 6.45) is 5.44. The number of aromatic nitrogens is 1. The van der Waals surface area contributed by atoms with Gasteiger partial charge in [-0.15, -0.1) is 11.3 Å². The minimum absolute atomic E-state index is 0.0689. The van der Waals surface area contributed by atoms with Crippen LogP contribution in [0, 0.1) is 5.92 Å². The second kappa shape index (κ2) is 5.53. The number of nitrogens with zero attached hydrogens (tertiary/aromatic N) is 1. The zero-order chi connectivity index (χ0) is 14.1. The van der Waals surface area contributed by atoms with Crippen molar-refractivity contribution < 1.29 is 0 Å². The van der Waals surface area contributed by atoms with Gasteiger partial charge in [0.25, 0.3) is 0 Å². The number of hydrogen-bond donors (Lipinski definition) is 1. The molecule has 0 bridgehead atoms. The van der Waals surface area contributed by atoms with Crippen LogP contribution >= 0.6 is 11.3 Å². The molecule has 0 radical (unpaired) electrons. The molecular formula is C16H28N2S. The van der Waals surface area contributed by atoms with Crippen molar-refractivity contribution in [1.82, 2.24) is 10.3 Å². The molecule has 1 fully saturated rings. The van der Waals surface area contributed by atoms with E-state index in [0.29, 0.717) is 0 Å². The van der Waals surface area contributed by atoms with Crippen LogP contribution in [0.25, 0.3) is 0 Å². The van der Waals surface area contributed by atoms with E-state index in [1.165, 1.54) is 36.4 Å². The monoisotopic (exact) mass is 280 g/mol. The molecule has 0 aromatic carbocycles. The third-order valence-corrected chi connectivity index (χ3v) is 5.51. The smallest absolute Gasteiger partial charge is 0.113 e. The quantitative estimate of drug-likeness (QED) is 0.881. The van der Waals surface area contributed by atoms with Crippen molar-refractivity contribution in [3.63, 3.8) is 0 Å². The SMILES string of the molecule is CCNC(C)(c1nc(C(C)(C)C)cs1)C1CCCC1. The molecule has 1 saturated carbocycles. The molecule has 3 heteroatoms. The molecule has 19 heavy (non-hydrogen) atoms. The van der Waals surface area contributed by atoms with Crippen LogP contribution in [0.5, 0.6) is 0 Å². The van der Waals surface area contributed by atoms with Crippen LogP contribution in [0.2, 0.25) is 0 Å². The average molecular weight is 280 g/mol. The normalized spacial score (nSPS) is 20.7. The summed E-state index contributed by atoms with van der Waals surface area (Å²) in [6, 6.07) is 0. The van der Waals surface area contributed by atoms with Gasteiger partial charge >= 0.3 is 0 Å². The maximum atomic E-state index is 4.97. The highest BCUT2D eigenvalue weighted by molar-refractivity contribution is 7.09. The van der Waals surface area contributed by atoms with E-state index in [-0.39, 0.29) is 11.0 Å². The van der Waals surface area contributed by atoms with E-state index >= 15 is 0 Å². The Balaban J connectivity index is 2.30. The maximum Gasteiger partial charge on any atom is 0.113 e. The highest BCUT2D eigenvalue weighted by Gasteiger charge is 2.39. The van der Waals surface area contributed by atoms with Gasteiger partial charge in [-0.05, 0) is 32.2 Å². The minimum Gasteiger partial charge on any atom is -0.306 e. The highest BCUT2D eigenvalue weighted by Crippen LogP contribution is 2.42. The summed E-state index contributed by atoms with van der Waals surface area (Å²) in [5, 5.41) is 7.26. The third kappa shape index (κ3) is 3.03. The van der Waals surface area contributed by atoms with Crippen LogP contribution in [-0.4, -0.2) is 11.5 Å². The fraction of sp³-hybridized carbons (Fsp3) is 0.812. The molecule has 1 aromatic heterocycles. The molecule has 0 amide bonds. The molecule has 0 spiro atoms. The summed E-state index contributed by atoms with van der Waals surface area (Å²) in [5.74, 6) is 0.742. The Morgan fingerprint density at radius 2 is 1.89 bits per heavy atom. The van der Waals surface area contributed by atoms with Crippen LogP contribution in [0.1, 0.15) is 71.0 Å². The Kier molecular flexibility index (Phi) is 4.36. The first-order valence-corrected chi connectivity index (χ1v) is 8.47. The molecule has 1 atom stereocenters. The number of hydrogen-bond acceptors (Lipinski definition) is 3. The summed E-state index contributed by atoms with van der Waals surface area (Å²) in [7, 11) is 0. The minimum atomic E-state index is 0.0689. The Hall–Kier alpha value is -0.410. The zero-order valence-electron chi connectivity index (χ0n) is 13.0. The van der Waals surface area contributed by atoms with Crippen molar-refractivity contribution in [2.75, 3.05) is 6.54 Å². The van der Waals surface area contributed by atoms with Crippen LogP contribution in [0.4, 0.5) is 0 Å². The fourth-order valence-corrected chi connectivity index (χ4v) is 4.39. The van der Waals surface area contributed by atoms with E-state index in [1.807, 2.05) is 11.3 Å². The standard InChI is InChI=1S/C16H28N2S/c1-6-17-16(5,12-9-7-8-10-12)14-18-13(11-19-14)15(2,3)4/h11-12,17H,6-10H2,1-5H3. The van der Waals surface area contributed by atoms with E-state index in [0.717, 1.165) is 12.5 Å². The molecule has 2 rings (SSSR count).